The zero-order chi connectivity index (χ0) is 29.9. The Hall–Kier alpha value is -2.91. The standard InChI is InChI=1S/C31H48N4O6/c1-6-11-21(26(36)28(38)32-16-7-2)33-27(37)25-23-20(31(23,4)5)17-35(25)29(39)24(19-13-8-9-14-19)34-30(40)41-22-15-10-12-18(22)3/h7,18-25H,2,6,8-17H2,1,3-5H3,(H,32,38)(H,33,37)(H,34,40)/t18-,20-,21?,22?,23-,24-,25-/m0/s1. The van der Waals surface area contributed by atoms with Gasteiger partial charge >= 0.3 is 6.09 Å². The number of nitrogens with one attached hydrogen (secondary N) is 3. The van der Waals surface area contributed by atoms with E-state index in [1.807, 2.05) is 6.92 Å². The monoisotopic (exact) mass is 572 g/mol. The van der Waals surface area contributed by atoms with Crippen LogP contribution in [-0.4, -0.2) is 71.8 Å². The number of hydrogen-bond acceptors (Lipinski definition) is 6. The Morgan fingerprint density at radius 3 is 2.37 bits per heavy atom. The molecule has 3 saturated carbocycles. The molecular weight excluding hydrogens is 524 g/mol. The van der Waals surface area contributed by atoms with Gasteiger partial charge in [-0.3, -0.25) is 19.2 Å². The van der Waals surface area contributed by atoms with Gasteiger partial charge in [0.1, 0.15) is 18.2 Å². The maximum atomic E-state index is 14.2. The second kappa shape index (κ2) is 12.9. The van der Waals surface area contributed by atoms with Gasteiger partial charge in [0.05, 0.1) is 6.04 Å². The number of fused-ring (bicyclic) bond motifs is 1. The smallest absolute Gasteiger partial charge is 0.408 e. The van der Waals surface area contributed by atoms with Gasteiger partial charge < -0.3 is 25.6 Å². The normalized spacial score (nSPS) is 29.7. The fourth-order valence-electron chi connectivity index (χ4n) is 7.47. The number of ether oxygens (including phenoxy) is 1. The van der Waals surface area contributed by atoms with E-state index in [2.05, 4.69) is 43.3 Å². The van der Waals surface area contributed by atoms with Gasteiger partial charge in [0.25, 0.3) is 5.91 Å². The molecule has 0 radical (unpaired) electrons. The molecule has 0 bridgehead atoms. The number of alkyl carbamates (subject to hydrolysis) is 1. The number of ketones is 1. The van der Waals surface area contributed by atoms with E-state index in [1.54, 1.807) is 4.90 Å². The van der Waals surface area contributed by atoms with E-state index >= 15 is 0 Å². The minimum absolute atomic E-state index is 0.0207. The first kappa shape index (κ1) is 31.0. The van der Waals surface area contributed by atoms with E-state index < -0.39 is 41.8 Å². The van der Waals surface area contributed by atoms with Gasteiger partial charge in [-0.2, -0.15) is 0 Å². The Bertz CT molecular complexity index is 1040. The van der Waals surface area contributed by atoms with Crippen molar-refractivity contribution >= 4 is 29.6 Å². The second-order valence-corrected chi connectivity index (χ2v) is 13.1. The Balaban J connectivity index is 1.51. The molecular formula is C31H48N4O6. The summed E-state index contributed by atoms with van der Waals surface area (Å²) in [6.45, 7) is 12.3. The Morgan fingerprint density at radius 2 is 1.76 bits per heavy atom. The van der Waals surface area contributed by atoms with Crippen LogP contribution in [0.5, 0.6) is 0 Å². The van der Waals surface area contributed by atoms with E-state index in [0.29, 0.717) is 25.3 Å². The minimum Gasteiger partial charge on any atom is -0.446 e. The van der Waals surface area contributed by atoms with Crippen molar-refractivity contribution in [3.63, 3.8) is 0 Å². The quantitative estimate of drug-likeness (QED) is 0.243. The van der Waals surface area contributed by atoms with Crippen LogP contribution in [0.1, 0.15) is 85.5 Å². The molecule has 7 atom stereocenters. The van der Waals surface area contributed by atoms with E-state index in [-0.39, 0.29) is 41.7 Å². The molecule has 1 heterocycles. The molecule has 10 heteroatoms. The Morgan fingerprint density at radius 1 is 1.05 bits per heavy atom. The molecule has 3 aliphatic carbocycles. The molecule has 2 unspecified atom stereocenters. The Labute approximate surface area is 243 Å². The predicted octanol–water partition coefficient (Wildman–Crippen LogP) is 3.10. The lowest BCUT2D eigenvalue weighted by Crippen LogP contribution is -2.59. The van der Waals surface area contributed by atoms with Gasteiger partial charge in [-0.15, -0.1) is 6.58 Å². The largest absolute Gasteiger partial charge is 0.446 e. The molecule has 10 nitrogen and oxygen atoms in total. The van der Waals surface area contributed by atoms with E-state index in [1.165, 1.54) is 6.08 Å². The van der Waals surface area contributed by atoms with E-state index in [9.17, 15) is 24.0 Å². The summed E-state index contributed by atoms with van der Waals surface area (Å²) in [6.07, 6.45) is 8.15. The summed E-state index contributed by atoms with van der Waals surface area (Å²) in [5, 5.41) is 8.21. The maximum absolute atomic E-state index is 14.2. The van der Waals surface area contributed by atoms with Crippen LogP contribution in [-0.2, 0) is 23.9 Å². The van der Waals surface area contributed by atoms with E-state index in [4.69, 9.17) is 4.74 Å². The van der Waals surface area contributed by atoms with Crippen LogP contribution in [0.3, 0.4) is 0 Å². The number of hydrogen-bond donors (Lipinski definition) is 3. The highest BCUT2D eigenvalue weighted by Crippen LogP contribution is 2.65. The maximum Gasteiger partial charge on any atom is 0.408 e. The molecule has 0 aromatic carbocycles. The molecule has 0 aromatic rings. The molecule has 228 valence electrons. The van der Waals surface area contributed by atoms with Crippen molar-refractivity contribution in [3.8, 4) is 0 Å². The molecule has 0 spiro atoms. The van der Waals surface area contributed by atoms with Gasteiger partial charge in [0, 0.05) is 13.1 Å². The first-order valence-corrected chi connectivity index (χ1v) is 15.5. The number of piperidine rings is 1. The van der Waals surface area contributed by atoms with Gasteiger partial charge in [0.2, 0.25) is 17.6 Å². The summed E-state index contributed by atoms with van der Waals surface area (Å²) in [5.74, 6) is -1.81. The molecule has 4 aliphatic rings. The van der Waals surface area contributed by atoms with Crippen LogP contribution < -0.4 is 16.0 Å². The number of Topliss-reactive ketones (excluding diaryl/α,β-unsaturated/α-hetero) is 1. The summed E-state index contributed by atoms with van der Waals surface area (Å²) in [7, 11) is 0. The van der Waals surface area contributed by atoms with Crippen LogP contribution >= 0.6 is 0 Å². The number of likely N-dealkylation sites (tertiary alicyclic amines) is 1. The SMILES string of the molecule is C=CCNC(=O)C(=O)C(CCC)NC(=O)[C@@H]1[C@@H]2[C@H](CN1C(=O)[C@@H](NC(=O)OC1CCC[C@@H]1C)C1CCCC1)C2(C)C. The van der Waals surface area contributed by atoms with Crippen molar-refractivity contribution in [2.75, 3.05) is 13.1 Å². The highest BCUT2D eigenvalue weighted by molar-refractivity contribution is 6.38. The van der Waals surface area contributed by atoms with Crippen LogP contribution in [0.25, 0.3) is 0 Å². The van der Waals surface area contributed by atoms with Gasteiger partial charge in [-0.25, -0.2) is 4.79 Å². The van der Waals surface area contributed by atoms with Gasteiger partial charge in [0.15, 0.2) is 0 Å². The van der Waals surface area contributed by atoms with Crippen molar-refractivity contribution in [3.05, 3.63) is 12.7 Å². The highest BCUT2D eigenvalue weighted by atomic mass is 16.6. The molecule has 4 amide bonds. The third kappa shape index (κ3) is 6.61. The van der Waals surface area contributed by atoms with Crippen molar-refractivity contribution in [1.29, 1.82) is 0 Å². The average Bonchev–Trinajstić information content (AvgIpc) is 3.51. The number of nitrogens with zero attached hydrogens (tertiary/aromatic N) is 1. The zero-order valence-electron chi connectivity index (χ0n) is 25.1. The van der Waals surface area contributed by atoms with Crippen LogP contribution in [0, 0.1) is 29.1 Å². The molecule has 0 aromatic heterocycles. The Kier molecular flexibility index (Phi) is 9.80. The summed E-state index contributed by atoms with van der Waals surface area (Å²) < 4.78 is 5.74. The minimum atomic E-state index is -0.984. The van der Waals surface area contributed by atoms with Crippen molar-refractivity contribution in [2.24, 2.45) is 29.1 Å². The summed E-state index contributed by atoms with van der Waals surface area (Å²) >= 11 is 0. The predicted molar refractivity (Wildman–Crippen MR) is 153 cm³/mol. The molecule has 3 N–H and O–H groups in total. The summed E-state index contributed by atoms with van der Waals surface area (Å²) in [6, 6.07) is -2.53. The average molecular weight is 573 g/mol. The van der Waals surface area contributed by atoms with Crippen LogP contribution in [0.4, 0.5) is 4.79 Å². The number of carbonyl (C=O) groups excluding carboxylic acids is 5. The summed E-state index contributed by atoms with van der Waals surface area (Å²) in [5.41, 5.74) is -0.127. The van der Waals surface area contributed by atoms with Gasteiger partial charge in [-0.1, -0.05) is 53.0 Å². The number of rotatable bonds is 12. The first-order chi connectivity index (χ1) is 19.5. The topological polar surface area (TPSA) is 134 Å². The molecule has 4 rings (SSSR count). The number of amides is 4. The first-order valence-electron chi connectivity index (χ1n) is 15.5. The third-order valence-electron chi connectivity index (χ3n) is 10.1. The number of carbonyl (C=O) groups is 5. The second-order valence-electron chi connectivity index (χ2n) is 13.1. The lowest BCUT2D eigenvalue weighted by molar-refractivity contribution is -0.144. The summed E-state index contributed by atoms with van der Waals surface area (Å²) in [4.78, 5) is 67.9. The lowest BCUT2D eigenvalue weighted by atomic mass is 9.94. The third-order valence-corrected chi connectivity index (χ3v) is 10.1. The van der Waals surface area contributed by atoms with Crippen LogP contribution in [0.2, 0.25) is 0 Å². The highest BCUT2D eigenvalue weighted by Gasteiger charge is 2.69. The zero-order valence-corrected chi connectivity index (χ0v) is 25.1. The molecule has 41 heavy (non-hydrogen) atoms. The molecule has 4 fully saturated rings. The fraction of sp³-hybridized carbons (Fsp3) is 0.774. The van der Waals surface area contributed by atoms with E-state index in [0.717, 1.165) is 44.9 Å². The fourth-order valence-corrected chi connectivity index (χ4v) is 7.47. The molecule has 1 saturated heterocycles. The van der Waals surface area contributed by atoms with Gasteiger partial charge in [-0.05, 0) is 67.6 Å². The van der Waals surface area contributed by atoms with Crippen molar-refractivity contribution in [1.82, 2.24) is 20.9 Å². The van der Waals surface area contributed by atoms with Crippen molar-refractivity contribution in [2.45, 2.75) is 110 Å². The van der Waals surface area contributed by atoms with Crippen LogP contribution in [0.15, 0.2) is 12.7 Å². The lowest BCUT2D eigenvalue weighted by Gasteiger charge is -2.35. The van der Waals surface area contributed by atoms with Crippen molar-refractivity contribution < 1.29 is 28.7 Å². The molecule has 1 aliphatic heterocycles.